The molecule has 0 aliphatic rings. The second-order valence-electron chi connectivity index (χ2n) is 4.40. The van der Waals surface area contributed by atoms with Crippen molar-refractivity contribution in [2.75, 3.05) is 11.1 Å². The van der Waals surface area contributed by atoms with E-state index in [1.165, 1.54) is 18.7 Å². The summed E-state index contributed by atoms with van der Waals surface area (Å²) in [5.74, 6) is 0.131. The first kappa shape index (κ1) is 15.6. The summed E-state index contributed by atoms with van der Waals surface area (Å²) in [6, 6.07) is 14.3. The van der Waals surface area contributed by atoms with Crippen molar-refractivity contribution in [2.45, 2.75) is 11.8 Å². The van der Waals surface area contributed by atoms with Gasteiger partial charge in [-0.3, -0.25) is 9.59 Å². The number of benzene rings is 2. The Labute approximate surface area is 132 Å². The number of hydrogen-bond acceptors (Lipinski definition) is 3. The Kier molecular flexibility index (Phi) is 5.42. The van der Waals surface area contributed by atoms with Gasteiger partial charge in [0.05, 0.1) is 16.5 Å². The number of thioether (sulfide) groups is 1. The maximum absolute atomic E-state index is 11.9. The van der Waals surface area contributed by atoms with Crippen molar-refractivity contribution in [2.24, 2.45) is 0 Å². The van der Waals surface area contributed by atoms with Gasteiger partial charge in [-0.1, -0.05) is 35.9 Å². The first-order chi connectivity index (χ1) is 10.1. The average molecular weight is 320 g/mol. The third-order valence-electron chi connectivity index (χ3n) is 2.76. The summed E-state index contributed by atoms with van der Waals surface area (Å²) in [6.07, 6.45) is 0. The van der Waals surface area contributed by atoms with Gasteiger partial charge in [0.15, 0.2) is 5.78 Å². The van der Waals surface area contributed by atoms with Crippen LogP contribution in [0.2, 0.25) is 5.02 Å². The lowest BCUT2D eigenvalue weighted by Crippen LogP contribution is -2.14. The van der Waals surface area contributed by atoms with Crippen LogP contribution in [0.15, 0.2) is 53.4 Å². The zero-order chi connectivity index (χ0) is 15.2. The molecule has 0 unspecified atom stereocenters. The predicted octanol–water partition coefficient (Wildman–Crippen LogP) is 4.27. The lowest BCUT2D eigenvalue weighted by Gasteiger charge is -2.07. The summed E-state index contributed by atoms with van der Waals surface area (Å²) in [5.41, 5.74) is 1.24. The highest BCUT2D eigenvalue weighted by molar-refractivity contribution is 8.00. The van der Waals surface area contributed by atoms with Crippen molar-refractivity contribution >= 4 is 40.7 Å². The Bertz CT molecular complexity index is 673. The van der Waals surface area contributed by atoms with E-state index in [0.29, 0.717) is 16.3 Å². The Morgan fingerprint density at radius 2 is 1.90 bits per heavy atom. The fourth-order valence-corrected chi connectivity index (χ4v) is 2.64. The molecule has 21 heavy (non-hydrogen) atoms. The summed E-state index contributed by atoms with van der Waals surface area (Å²) in [5, 5.41) is 3.27. The first-order valence-electron chi connectivity index (χ1n) is 6.34. The molecule has 0 aliphatic carbocycles. The molecule has 0 fully saturated rings. The molecule has 0 aromatic heterocycles. The van der Waals surface area contributed by atoms with Crippen molar-refractivity contribution < 1.29 is 9.59 Å². The van der Waals surface area contributed by atoms with Gasteiger partial charge in [0.2, 0.25) is 5.91 Å². The average Bonchev–Trinajstić information content (AvgIpc) is 2.48. The van der Waals surface area contributed by atoms with Crippen molar-refractivity contribution in [3.05, 3.63) is 59.1 Å². The zero-order valence-corrected chi connectivity index (χ0v) is 13.0. The molecule has 1 N–H and O–H groups in total. The number of rotatable bonds is 5. The highest BCUT2D eigenvalue weighted by atomic mass is 35.5. The van der Waals surface area contributed by atoms with E-state index >= 15 is 0 Å². The van der Waals surface area contributed by atoms with Crippen LogP contribution < -0.4 is 5.32 Å². The van der Waals surface area contributed by atoms with E-state index in [9.17, 15) is 9.59 Å². The maximum Gasteiger partial charge on any atom is 0.234 e. The fraction of sp³-hybridized carbons (Fsp3) is 0.125. The second kappa shape index (κ2) is 7.29. The molecule has 0 saturated carbocycles. The number of carbonyl (C=O) groups is 2. The van der Waals surface area contributed by atoms with Crippen LogP contribution in [0, 0.1) is 0 Å². The van der Waals surface area contributed by atoms with Gasteiger partial charge in [0.25, 0.3) is 0 Å². The van der Waals surface area contributed by atoms with Crippen LogP contribution in [0.25, 0.3) is 0 Å². The molecule has 3 nitrogen and oxygen atoms in total. The van der Waals surface area contributed by atoms with Gasteiger partial charge in [0, 0.05) is 10.5 Å². The molecule has 0 aliphatic heterocycles. The molecule has 0 bridgehead atoms. The van der Waals surface area contributed by atoms with E-state index < -0.39 is 0 Å². The minimum Gasteiger partial charge on any atom is -0.324 e. The van der Waals surface area contributed by atoms with Crippen molar-refractivity contribution in [1.82, 2.24) is 0 Å². The molecule has 5 heteroatoms. The first-order valence-corrected chi connectivity index (χ1v) is 7.71. The number of halogens is 1. The van der Waals surface area contributed by atoms with E-state index in [4.69, 9.17) is 11.6 Å². The van der Waals surface area contributed by atoms with Crippen LogP contribution in [-0.4, -0.2) is 17.4 Å². The highest BCUT2D eigenvalue weighted by Crippen LogP contribution is 2.22. The van der Waals surface area contributed by atoms with Gasteiger partial charge in [-0.15, -0.1) is 11.8 Å². The van der Waals surface area contributed by atoms with Crippen LogP contribution in [0.1, 0.15) is 17.3 Å². The van der Waals surface area contributed by atoms with Crippen molar-refractivity contribution in [3.8, 4) is 0 Å². The van der Waals surface area contributed by atoms with Crippen LogP contribution in [0.4, 0.5) is 5.69 Å². The van der Waals surface area contributed by atoms with E-state index in [-0.39, 0.29) is 17.4 Å². The molecule has 2 aromatic rings. The molecule has 108 valence electrons. The monoisotopic (exact) mass is 319 g/mol. The number of nitrogens with one attached hydrogen (secondary N) is 1. The Morgan fingerprint density at radius 1 is 1.14 bits per heavy atom. The molecular formula is C16H14ClNO2S. The quantitative estimate of drug-likeness (QED) is 0.661. The summed E-state index contributed by atoms with van der Waals surface area (Å²) >= 11 is 7.36. The number of amides is 1. The number of carbonyl (C=O) groups excluding carboxylic acids is 2. The molecule has 0 atom stereocenters. The van der Waals surface area contributed by atoms with Crippen LogP contribution in [0.5, 0.6) is 0 Å². The third-order valence-corrected chi connectivity index (χ3v) is 4.08. The number of para-hydroxylation sites is 1. The second-order valence-corrected chi connectivity index (χ2v) is 5.86. The van der Waals surface area contributed by atoms with Gasteiger partial charge < -0.3 is 5.32 Å². The zero-order valence-electron chi connectivity index (χ0n) is 11.4. The minimum absolute atomic E-state index is 0.0120. The van der Waals surface area contributed by atoms with Crippen LogP contribution >= 0.6 is 23.4 Å². The van der Waals surface area contributed by atoms with Crippen LogP contribution in [-0.2, 0) is 4.79 Å². The van der Waals surface area contributed by atoms with Crippen molar-refractivity contribution in [1.29, 1.82) is 0 Å². The lowest BCUT2D eigenvalue weighted by molar-refractivity contribution is -0.113. The molecule has 0 spiro atoms. The summed E-state index contributed by atoms with van der Waals surface area (Å²) in [7, 11) is 0. The molecule has 1 amide bonds. The van der Waals surface area contributed by atoms with Crippen molar-refractivity contribution in [3.63, 3.8) is 0 Å². The standard InChI is InChI=1S/C16H14ClNO2S/c1-11(19)12-5-4-6-13(9-12)21-10-16(20)18-15-8-3-2-7-14(15)17/h2-9H,10H2,1H3,(H,18,20). The Hall–Kier alpha value is -1.78. The molecular weight excluding hydrogens is 306 g/mol. The normalized spacial score (nSPS) is 10.2. The number of Topliss-reactive ketones (excluding diaryl/α,β-unsaturated/α-hetero) is 1. The van der Waals surface area contributed by atoms with Gasteiger partial charge in [-0.25, -0.2) is 0 Å². The molecule has 2 aromatic carbocycles. The smallest absolute Gasteiger partial charge is 0.234 e. The Balaban J connectivity index is 1.94. The minimum atomic E-state index is -0.138. The maximum atomic E-state index is 11.9. The third kappa shape index (κ3) is 4.62. The highest BCUT2D eigenvalue weighted by Gasteiger charge is 2.07. The summed E-state index contributed by atoms with van der Waals surface area (Å²) in [4.78, 5) is 24.1. The largest absolute Gasteiger partial charge is 0.324 e. The number of hydrogen-bond donors (Lipinski definition) is 1. The molecule has 0 radical (unpaired) electrons. The van der Waals surface area contributed by atoms with E-state index in [1.807, 2.05) is 18.2 Å². The van der Waals surface area contributed by atoms with Gasteiger partial charge in [-0.05, 0) is 31.2 Å². The van der Waals surface area contributed by atoms with Gasteiger partial charge >= 0.3 is 0 Å². The molecule has 0 heterocycles. The van der Waals surface area contributed by atoms with Gasteiger partial charge in [0.1, 0.15) is 0 Å². The van der Waals surface area contributed by atoms with Gasteiger partial charge in [-0.2, -0.15) is 0 Å². The molecule has 0 saturated heterocycles. The fourth-order valence-electron chi connectivity index (χ4n) is 1.70. The molecule has 2 rings (SSSR count). The number of anilines is 1. The Morgan fingerprint density at radius 3 is 2.62 bits per heavy atom. The summed E-state index contributed by atoms with van der Waals surface area (Å²) < 4.78 is 0. The topological polar surface area (TPSA) is 46.2 Å². The lowest BCUT2D eigenvalue weighted by atomic mass is 10.2. The predicted molar refractivity (Wildman–Crippen MR) is 87.3 cm³/mol. The van der Waals surface area contributed by atoms with E-state index in [0.717, 1.165) is 4.90 Å². The SMILES string of the molecule is CC(=O)c1cccc(SCC(=O)Nc2ccccc2Cl)c1. The van der Waals surface area contributed by atoms with E-state index in [1.54, 1.807) is 30.3 Å². The number of ketones is 1. The van der Waals surface area contributed by atoms with E-state index in [2.05, 4.69) is 5.32 Å². The van der Waals surface area contributed by atoms with Crippen LogP contribution in [0.3, 0.4) is 0 Å². The summed E-state index contributed by atoms with van der Waals surface area (Å²) in [6.45, 7) is 1.52.